The largest absolute Gasteiger partial charge is 0.448 e. The lowest BCUT2D eigenvalue weighted by molar-refractivity contribution is -0.128. The number of pyridine rings is 1. The first-order chi connectivity index (χ1) is 17.6. The summed E-state index contributed by atoms with van der Waals surface area (Å²) < 4.78 is 12.8. The number of ether oxygens (including phenoxy) is 2. The second kappa shape index (κ2) is 10.2. The summed E-state index contributed by atoms with van der Waals surface area (Å²) in [5.41, 5.74) is 2.14. The summed E-state index contributed by atoms with van der Waals surface area (Å²) in [6, 6.07) is 4.01. The number of aliphatic hydroxyl groups is 1. The van der Waals surface area contributed by atoms with E-state index in [1.807, 2.05) is 33.1 Å². The normalized spacial score (nSPS) is 25.7. The molecule has 3 heterocycles. The number of nitrogens with zero attached hydrogens (tertiary/aromatic N) is 1. The second-order valence-corrected chi connectivity index (χ2v) is 11.8. The first kappa shape index (κ1) is 26.4. The minimum absolute atomic E-state index is 0.102. The van der Waals surface area contributed by atoms with Crippen molar-refractivity contribution in [3.8, 4) is 11.5 Å². The van der Waals surface area contributed by atoms with Crippen LogP contribution in [0.3, 0.4) is 0 Å². The van der Waals surface area contributed by atoms with Crippen LogP contribution < -0.4 is 20.3 Å². The van der Waals surface area contributed by atoms with Gasteiger partial charge in [0.15, 0.2) is 11.5 Å². The Balaban J connectivity index is 1.29. The molecule has 2 aliphatic heterocycles. The van der Waals surface area contributed by atoms with Gasteiger partial charge in [-0.1, -0.05) is 11.6 Å². The number of carbonyl (C=O) groups excluding carboxylic acids is 1. The van der Waals surface area contributed by atoms with Crippen LogP contribution in [-0.2, 0) is 6.54 Å². The number of aromatic amines is 1. The highest BCUT2D eigenvalue weighted by Crippen LogP contribution is 2.51. The molecule has 1 aromatic heterocycles. The summed E-state index contributed by atoms with van der Waals surface area (Å²) in [6.45, 7) is 7.25. The summed E-state index contributed by atoms with van der Waals surface area (Å²) in [5, 5.41) is 12.8. The minimum Gasteiger partial charge on any atom is -0.448 e. The summed E-state index contributed by atoms with van der Waals surface area (Å²) in [7, 11) is 0. The van der Waals surface area contributed by atoms with Crippen LogP contribution in [0, 0.1) is 19.8 Å². The predicted molar refractivity (Wildman–Crippen MR) is 144 cm³/mol. The fourth-order valence-electron chi connectivity index (χ4n) is 5.80. The fourth-order valence-corrected chi connectivity index (χ4v) is 6.74. The number of aliphatic hydroxyl groups excluding tert-OH is 1. The minimum atomic E-state index is -0.853. The molecule has 2 fully saturated rings. The first-order valence-electron chi connectivity index (χ1n) is 12.8. The van der Waals surface area contributed by atoms with E-state index >= 15 is 0 Å². The van der Waals surface area contributed by atoms with Crippen molar-refractivity contribution in [2.45, 2.75) is 75.8 Å². The monoisotopic (exact) mass is 547 g/mol. The van der Waals surface area contributed by atoms with Crippen molar-refractivity contribution >= 4 is 29.3 Å². The van der Waals surface area contributed by atoms with Crippen LogP contribution in [0.25, 0.3) is 0 Å². The molecule has 5 rings (SSSR count). The van der Waals surface area contributed by atoms with E-state index in [0.717, 1.165) is 49.4 Å². The lowest BCUT2D eigenvalue weighted by Gasteiger charge is -2.46. The number of benzene rings is 1. The van der Waals surface area contributed by atoms with Crippen molar-refractivity contribution in [2.75, 3.05) is 19.3 Å². The molecular formula is C27H34ClN3O5S. The SMILES string of the molecule is CSc1cc(C)[nH]c(=O)c1CNC(=O)c1cc(Cl)c2c(c1C)OC(C)(C1CCC(N3CC(O)C3)CC1)O2. The van der Waals surface area contributed by atoms with Crippen molar-refractivity contribution in [2.24, 2.45) is 5.92 Å². The number of aryl methyl sites for hydroxylation is 1. The number of thioether (sulfide) groups is 1. The van der Waals surface area contributed by atoms with Gasteiger partial charge in [0.2, 0.25) is 0 Å². The molecule has 0 bridgehead atoms. The Morgan fingerprint density at radius 3 is 2.54 bits per heavy atom. The molecule has 37 heavy (non-hydrogen) atoms. The van der Waals surface area contributed by atoms with Gasteiger partial charge in [-0.05, 0) is 57.9 Å². The molecule has 3 N–H and O–H groups in total. The number of aromatic nitrogens is 1. The van der Waals surface area contributed by atoms with Crippen LogP contribution in [0.2, 0.25) is 5.02 Å². The molecule has 1 aliphatic carbocycles. The summed E-state index contributed by atoms with van der Waals surface area (Å²) in [5.74, 6) is -0.0118. The number of likely N-dealkylation sites (tertiary alicyclic amines) is 1. The van der Waals surface area contributed by atoms with Crippen molar-refractivity contribution in [1.82, 2.24) is 15.2 Å². The van der Waals surface area contributed by atoms with E-state index in [1.54, 1.807) is 6.07 Å². The van der Waals surface area contributed by atoms with E-state index < -0.39 is 5.79 Å². The molecule has 1 unspecified atom stereocenters. The zero-order valence-corrected chi connectivity index (χ0v) is 23.2. The highest BCUT2D eigenvalue weighted by atomic mass is 35.5. The van der Waals surface area contributed by atoms with Gasteiger partial charge in [-0.2, -0.15) is 0 Å². The number of rotatable bonds is 6. The third kappa shape index (κ3) is 4.99. The zero-order valence-electron chi connectivity index (χ0n) is 21.7. The number of halogens is 1. The summed E-state index contributed by atoms with van der Waals surface area (Å²) in [4.78, 5) is 31.6. The van der Waals surface area contributed by atoms with E-state index in [0.29, 0.717) is 39.3 Å². The number of H-pyrrole nitrogens is 1. The number of hydrogen-bond donors (Lipinski definition) is 3. The van der Waals surface area contributed by atoms with E-state index in [2.05, 4.69) is 15.2 Å². The molecule has 2 aromatic rings. The number of β-amino-alcohol motifs (C(OH)–C–C–N with tert-alkyl or cyclic N) is 1. The Morgan fingerprint density at radius 1 is 1.22 bits per heavy atom. The predicted octanol–water partition coefficient (Wildman–Crippen LogP) is 4.02. The highest BCUT2D eigenvalue weighted by Gasteiger charge is 2.48. The molecule has 8 nitrogen and oxygen atoms in total. The van der Waals surface area contributed by atoms with Crippen LogP contribution in [0.4, 0.5) is 0 Å². The molecule has 1 saturated heterocycles. The summed E-state index contributed by atoms with van der Waals surface area (Å²) in [6.07, 6.45) is 5.69. The lowest BCUT2D eigenvalue weighted by Crippen LogP contribution is -2.57. The van der Waals surface area contributed by atoms with Gasteiger partial charge in [-0.15, -0.1) is 11.8 Å². The molecule has 10 heteroatoms. The number of hydrogen-bond acceptors (Lipinski definition) is 7. The van der Waals surface area contributed by atoms with Crippen LogP contribution in [0.15, 0.2) is 21.8 Å². The Labute approximate surface area is 226 Å². The average molecular weight is 548 g/mol. The molecule has 1 amide bonds. The standard InChI is InChI=1S/C27H34ClN3O5S/c1-14-9-22(37-4)20(26(34)30-14)11-29-25(33)19-10-21(28)24-23(15(19)2)35-27(3,36-24)16-5-7-17(8-6-16)31-12-18(32)13-31/h9-10,16-18,32H,5-8,11-13H2,1-4H3,(H,29,33)(H,30,34). The van der Waals surface area contributed by atoms with Crippen LogP contribution >= 0.6 is 23.4 Å². The molecule has 1 aromatic carbocycles. The number of nitrogens with one attached hydrogen (secondary N) is 2. The van der Waals surface area contributed by atoms with Gasteiger partial charge in [-0.25, -0.2) is 0 Å². The zero-order chi connectivity index (χ0) is 26.5. The number of carbonyl (C=O) groups is 1. The molecule has 1 saturated carbocycles. The van der Waals surface area contributed by atoms with Crippen molar-refractivity contribution < 1.29 is 19.4 Å². The van der Waals surface area contributed by atoms with E-state index in [-0.39, 0.29) is 30.0 Å². The lowest BCUT2D eigenvalue weighted by atomic mass is 9.80. The Hall–Kier alpha value is -2.20. The first-order valence-corrected chi connectivity index (χ1v) is 14.4. The maximum absolute atomic E-state index is 13.2. The second-order valence-electron chi connectivity index (χ2n) is 10.5. The molecule has 200 valence electrons. The topological polar surface area (TPSA) is 104 Å². The van der Waals surface area contributed by atoms with Gasteiger partial charge in [0, 0.05) is 65.8 Å². The van der Waals surface area contributed by atoms with E-state index in [4.69, 9.17) is 21.1 Å². The van der Waals surface area contributed by atoms with Crippen LogP contribution in [0.1, 0.15) is 59.8 Å². The third-order valence-corrected chi connectivity index (χ3v) is 9.10. The Kier molecular flexibility index (Phi) is 7.26. The Morgan fingerprint density at radius 2 is 1.89 bits per heavy atom. The van der Waals surface area contributed by atoms with E-state index in [9.17, 15) is 14.7 Å². The van der Waals surface area contributed by atoms with E-state index in [1.165, 1.54) is 11.8 Å². The van der Waals surface area contributed by atoms with Gasteiger partial charge in [0.05, 0.1) is 11.1 Å². The highest BCUT2D eigenvalue weighted by molar-refractivity contribution is 7.98. The maximum atomic E-state index is 13.2. The van der Waals surface area contributed by atoms with Crippen molar-refractivity contribution in [1.29, 1.82) is 0 Å². The average Bonchev–Trinajstić information content (AvgIpc) is 3.23. The van der Waals surface area contributed by atoms with Crippen LogP contribution in [0.5, 0.6) is 11.5 Å². The molecule has 3 aliphatic rings. The smallest absolute Gasteiger partial charge is 0.254 e. The van der Waals surface area contributed by atoms with Crippen molar-refractivity contribution in [3.05, 3.63) is 49.9 Å². The Bertz CT molecular complexity index is 1270. The number of fused-ring (bicyclic) bond motifs is 1. The number of amides is 1. The van der Waals surface area contributed by atoms with Crippen molar-refractivity contribution in [3.63, 3.8) is 0 Å². The van der Waals surface area contributed by atoms with Crippen LogP contribution in [-0.4, -0.2) is 58.2 Å². The third-order valence-electron chi connectivity index (χ3n) is 8.01. The molecule has 0 spiro atoms. The van der Waals surface area contributed by atoms with Gasteiger partial charge in [-0.3, -0.25) is 14.5 Å². The summed E-state index contributed by atoms with van der Waals surface area (Å²) >= 11 is 8.07. The van der Waals surface area contributed by atoms with Gasteiger partial charge < -0.3 is 24.9 Å². The molecule has 1 atom stereocenters. The fraction of sp³-hybridized carbons (Fsp3) is 0.556. The van der Waals surface area contributed by atoms with Gasteiger partial charge in [0.1, 0.15) is 0 Å². The molecular weight excluding hydrogens is 514 g/mol. The quantitative estimate of drug-likeness (QED) is 0.469. The van der Waals surface area contributed by atoms with Gasteiger partial charge in [0.25, 0.3) is 17.3 Å². The maximum Gasteiger partial charge on any atom is 0.254 e. The molecule has 0 radical (unpaired) electrons. The van der Waals surface area contributed by atoms with Gasteiger partial charge >= 0.3 is 0 Å².